The number of ether oxygens (including phenoxy) is 3. The Labute approximate surface area is 160 Å². The number of amides is 2. The van der Waals surface area contributed by atoms with Crippen molar-refractivity contribution in [1.82, 2.24) is 14.7 Å². The lowest BCUT2D eigenvalue weighted by molar-refractivity contribution is 0.223. The van der Waals surface area contributed by atoms with Crippen LogP contribution < -0.4 is 19.5 Å². The first-order valence-electron chi connectivity index (χ1n) is 8.63. The molecule has 0 saturated heterocycles. The molecule has 148 valence electrons. The van der Waals surface area contributed by atoms with E-state index in [0.29, 0.717) is 29.5 Å². The number of carbonyl (C=O) groups excluding carboxylic acids is 1. The highest BCUT2D eigenvalue weighted by molar-refractivity contribution is 5.90. The summed E-state index contributed by atoms with van der Waals surface area (Å²) < 4.78 is 17.8. The average molecular weight is 376 g/mol. The van der Waals surface area contributed by atoms with Crippen molar-refractivity contribution in [2.24, 2.45) is 7.05 Å². The molecule has 0 radical (unpaired) electrons. The molecule has 1 aromatic carbocycles. The van der Waals surface area contributed by atoms with E-state index < -0.39 is 0 Å². The lowest BCUT2D eigenvalue weighted by Gasteiger charge is -2.19. The van der Waals surface area contributed by atoms with E-state index in [1.165, 1.54) is 26.9 Å². The maximum atomic E-state index is 12.5. The number of methoxy groups -OCH3 is 3. The van der Waals surface area contributed by atoms with Crippen LogP contribution in [0.3, 0.4) is 0 Å². The molecule has 0 spiro atoms. The van der Waals surface area contributed by atoms with Gasteiger partial charge in [0.1, 0.15) is 0 Å². The predicted octanol–water partition coefficient (Wildman–Crippen LogP) is 2.77. The van der Waals surface area contributed by atoms with E-state index >= 15 is 0 Å². The number of urea groups is 1. The quantitative estimate of drug-likeness (QED) is 0.804. The normalized spacial score (nSPS) is 10.5. The van der Waals surface area contributed by atoms with Gasteiger partial charge in [-0.15, -0.1) is 0 Å². The molecule has 0 saturated carbocycles. The Morgan fingerprint density at radius 2 is 1.74 bits per heavy atom. The second-order valence-electron chi connectivity index (χ2n) is 6.29. The Balaban J connectivity index is 2.07. The molecule has 0 fully saturated rings. The van der Waals surface area contributed by atoms with Gasteiger partial charge in [-0.2, -0.15) is 5.10 Å². The molecule has 0 aliphatic carbocycles. The molecule has 1 heterocycles. The van der Waals surface area contributed by atoms with E-state index in [0.717, 1.165) is 17.8 Å². The second kappa shape index (κ2) is 8.66. The zero-order valence-electron chi connectivity index (χ0n) is 17.0. The largest absolute Gasteiger partial charge is 0.493 e. The van der Waals surface area contributed by atoms with Gasteiger partial charge in [0.05, 0.1) is 32.7 Å². The van der Waals surface area contributed by atoms with Gasteiger partial charge in [0, 0.05) is 38.5 Å². The zero-order valence-corrected chi connectivity index (χ0v) is 17.0. The number of hydrogen-bond donors (Lipinski definition) is 1. The number of anilines is 1. The SMILES string of the molecule is COc1cc(NC(=O)N(C)CCc2c(C)nn(C)c2C)cc(OC)c1OC. The minimum Gasteiger partial charge on any atom is -0.493 e. The molecule has 8 nitrogen and oxygen atoms in total. The third kappa shape index (κ3) is 4.45. The maximum absolute atomic E-state index is 12.5. The van der Waals surface area contributed by atoms with Crippen molar-refractivity contribution in [3.8, 4) is 17.2 Å². The summed E-state index contributed by atoms with van der Waals surface area (Å²) in [5.74, 6) is 1.45. The summed E-state index contributed by atoms with van der Waals surface area (Å²) in [6.07, 6.45) is 0.741. The van der Waals surface area contributed by atoms with Crippen LogP contribution in [0.25, 0.3) is 0 Å². The summed E-state index contributed by atoms with van der Waals surface area (Å²) in [5.41, 5.74) is 3.85. The Bertz CT molecular complexity index is 791. The Kier molecular flexibility index (Phi) is 6.55. The van der Waals surface area contributed by atoms with Crippen LogP contribution in [0.5, 0.6) is 17.2 Å². The van der Waals surface area contributed by atoms with Gasteiger partial charge in [-0.05, 0) is 25.8 Å². The molecule has 2 amide bonds. The van der Waals surface area contributed by atoms with Gasteiger partial charge in [-0.1, -0.05) is 0 Å². The molecule has 2 rings (SSSR count). The third-order valence-electron chi connectivity index (χ3n) is 4.62. The number of benzene rings is 1. The lowest BCUT2D eigenvalue weighted by Crippen LogP contribution is -2.33. The van der Waals surface area contributed by atoms with Gasteiger partial charge >= 0.3 is 6.03 Å². The molecule has 1 aromatic heterocycles. The van der Waals surface area contributed by atoms with Gasteiger partial charge < -0.3 is 24.4 Å². The summed E-state index contributed by atoms with van der Waals surface area (Å²) in [6.45, 7) is 4.59. The molecule has 0 bridgehead atoms. The number of nitrogens with zero attached hydrogens (tertiary/aromatic N) is 3. The number of nitrogens with one attached hydrogen (secondary N) is 1. The standard InChI is InChI=1S/C19H28N4O4/c1-12-15(13(2)23(4)21-12)8-9-22(3)19(24)20-14-10-16(25-5)18(27-7)17(11-14)26-6/h10-11H,8-9H2,1-7H3,(H,20,24). The number of carbonyl (C=O) groups is 1. The minimum atomic E-state index is -0.219. The van der Waals surface area contributed by atoms with E-state index in [9.17, 15) is 4.79 Å². The van der Waals surface area contributed by atoms with Crippen molar-refractivity contribution < 1.29 is 19.0 Å². The average Bonchev–Trinajstić information content (AvgIpc) is 2.90. The van der Waals surface area contributed by atoms with Crippen molar-refractivity contribution in [1.29, 1.82) is 0 Å². The highest BCUT2D eigenvalue weighted by Gasteiger charge is 2.17. The fourth-order valence-electron chi connectivity index (χ4n) is 2.93. The van der Waals surface area contributed by atoms with Gasteiger partial charge in [-0.3, -0.25) is 4.68 Å². The first kappa shape index (κ1) is 20.4. The van der Waals surface area contributed by atoms with Gasteiger partial charge in [-0.25, -0.2) is 4.79 Å². The minimum absolute atomic E-state index is 0.219. The van der Waals surface area contributed by atoms with Crippen LogP contribution in [0.1, 0.15) is 17.0 Å². The third-order valence-corrected chi connectivity index (χ3v) is 4.62. The van der Waals surface area contributed by atoms with Crippen molar-refractivity contribution in [3.05, 3.63) is 29.1 Å². The molecular formula is C19H28N4O4. The number of hydrogen-bond acceptors (Lipinski definition) is 5. The molecule has 1 N–H and O–H groups in total. The first-order valence-corrected chi connectivity index (χ1v) is 8.63. The molecule has 0 unspecified atom stereocenters. The van der Waals surface area contributed by atoms with Gasteiger partial charge in [0.15, 0.2) is 11.5 Å². The summed E-state index contributed by atoms with van der Waals surface area (Å²) in [6, 6.07) is 3.17. The van der Waals surface area contributed by atoms with Crippen molar-refractivity contribution in [3.63, 3.8) is 0 Å². The van der Waals surface area contributed by atoms with E-state index in [2.05, 4.69) is 10.4 Å². The zero-order chi connectivity index (χ0) is 20.1. The summed E-state index contributed by atoms with van der Waals surface area (Å²) in [5, 5.41) is 7.28. The number of aryl methyl sites for hydroxylation is 2. The number of likely N-dealkylation sites (N-methyl/N-ethyl adjacent to an activating group) is 1. The summed E-state index contributed by atoms with van der Waals surface area (Å²) in [4.78, 5) is 14.2. The smallest absolute Gasteiger partial charge is 0.321 e. The molecule has 2 aromatic rings. The lowest BCUT2D eigenvalue weighted by atomic mass is 10.1. The second-order valence-corrected chi connectivity index (χ2v) is 6.29. The monoisotopic (exact) mass is 376 g/mol. The van der Waals surface area contributed by atoms with Crippen LogP contribution in [0.15, 0.2) is 12.1 Å². The molecule has 8 heteroatoms. The van der Waals surface area contributed by atoms with Gasteiger partial charge in [0.2, 0.25) is 5.75 Å². The highest BCUT2D eigenvalue weighted by atomic mass is 16.5. The number of aromatic nitrogens is 2. The Morgan fingerprint density at radius 3 is 2.19 bits per heavy atom. The maximum Gasteiger partial charge on any atom is 0.321 e. The molecular weight excluding hydrogens is 348 g/mol. The molecule has 0 aliphatic heterocycles. The van der Waals surface area contributed by atoms with E-state index in [1.807, 2.05) is 25.6 Å². The molecule has 0 aliphatic rings. The summed E-state index contributed by atoms with van der Waals surface area (Å²) >= 11 is 0. The van der Waals surface area contributed by atoms with Crippen molar-refractivity contribution in [2.75, 3.05) is 40.2 Å². The topological polar surface area (TPSA) is 77.9 Å². The van der Waals surface area contributed by atoms with Crippen LogP contribution in [-0.2, 0) is 13.5 Å². The van der Waals surface area contributed by atoms with Crippen LogP contribution in [0, 0.1) is 13.8 Å². The fourth-order valence-corrected chi connectivity index (χ4v) is 2.93. The Hall–Kier alpha value is -2.90. The van der Waals surface area contributed by atoms with Crippen molar-refractivity contribution in [2.45, 2.75) is 20.3 Å². The van der Waals surface area contributed by atoms with Crippen LogP contribution in [0.2, 0.25) is 0 Å². The predicted molar refractivity (Wildman–Crippen MR) is 104 cm³/mol. The Morgan fingerprint density at radius 1 is 1.15 bits per heavy atom. The van der Waals surface area contributed by atoms with Crippen LogP contribution >= 0.6 is 0 Å². The fraction of sp³-hybridized carbons (Fsp3) is 0.474. The van der Waals surface area contributed by atoms with E-state index in [1.54, 1.807) is 24.1 Å². The number of rotatable bonds is 7. The summed E-state index contributed by atoms with van der Waals surface area (Å²) in [7, 11) is 8.29. The highest BCUT2D eigenvalue weighted by Crippen LogP contribution is 2.39. The van der Waals surface area contributed by atoms with Gasteiger partial charge in [0.25, 0.3) is 0 Å². The molecule has 0 atom stereocenters. The van der Waals surface area contributed by atoms with E-state index in [4.69, 9.17) is 14.2 Å². The molecule has 27 heavy (non-hydrogen) atoms. The van der Waals surface area contributed by atoms with E-state index in [-0.39, 0.29) is 6.03 Å². The van der Waals surface area contributed by atoms with Crippen LogP contribution in [0.4, 0.5) is 10.5 Å². The van der Waals surface area contributed by atoms with Crippen LogP contribution in [-0.4, -0.2) is 55.6 Å². The first-order chi connectivity index (χ1) is 12.8. The van der Waals surface area contributed by atoms with Crippen molar-refractivity contribution >= 4 is 11.7 Å².